The average molecular weight is 286 g/mol. The van der Waals surface area contributed by atoms with Gasteiger partial charge in [0.1, 0.15) is 0 Å². The number of carboxylic acids is 1. The van der Waals surface area contributed by atoms with Crippen LogP contribution in [0.15, 0.2) is 0 Å². The van der Waals surface area contributed by atoms with Crippen molar-refractivity contribution in [2.75, 3.05) is 6.61 Å². The average Bonchev–Trinajstić information content (AvgIpc) is 2.41. The first-order chi connectivity index (χ1) is 9.66. The molecule has 0 amide bonds. The van der Waals surface area contributed by atoms with Crippen molar-refractivity contribution >= 4 is 11.9 Å². The molecule has 20 heavy (non-hydrogen) atoms. The van der Waals surface area contributed by atoms with Crippen molar-refractivity contribution in [2.24, 2.45) is 0 Å². The molecule has 0 unspecified atom stereocenters. The highest BCUT2D eigenvalue weighted by molar-refractivity contribution is 5.69. The molecule has 0 aliphatic rings. The van der Waals surface area contributed by atoms with Crippen LogP contribution in [0.25, 0.3) is 0 Å². The minimum Gasteiger partial charge on any atom is -0.481 e. The molecule has 0 aromatic rings. The Labute approximate surface area is 122 Å². The van der Waals surface area contributed by atoms with Gasteiger partial charge in [0.05, 0.1) is 6.61 Å². The Bertz CT molecular complexity index is 251. The topological polar surface area (TPSA) is 63.6 Å². The number of ether oxygens (including phenoxy) is 1. The number of carboxylic acid groups (broad SMARTS) is 1. The summed E-state index contributed by atoms with van der Waals surface area (Å²) in [6, 6.07) is 0. The van der Waals surface area contributed by atoms with Crippen molar-refractivity contribution in [3.8, 4) is 0 Å². The van der Waals surface area contributed by atoms with E-state index in [0.717, 1.165) is 32.1 Å². The fourth-order valence-electron chi connectivity index (χ4n) is 2.04. The minimum absolute atomic E-state index is 0.114. The fraction of sp³-hybridized carbons (Fsp3) is 0.875. The summed E-state index contributed by atoms with van der Waals surface area (Å²) >= 11 is 0. The summed E-state index contributed by atoms with van der Waals surface area (Å²) < 4.78 is 5.16. The van der Waals surface area contributed by atoms with Gasteiger partial charge in [0.15, 0.2) is 0 Å². The summed E-state index contributed by atoms with van der Waals surface area (Å²) in [4.78, 5) is 21.7. The molecule has 0 atom stereocenters. The molecule has 4 heteroatoms. The first-order valence-electron chi connectivity index (χ1n) is 8.04. The van der Waals surface area contributed by atoms with Crippen LogP contribution in [-0.4, -0.2) is 23.7 Å². The van der Waals surface area contributed by atoms with E-state index in [1.807, 2.05) is 0 Å². The zero-order valence-corrected chi connectivity index (χ0v) is 12.9. The standard InChI is InChI=1S/C16H30O4/c1-2-3-4-5-8-11-14-20-16(19)13-10-7-6-9-12-15(17)18/h2-14H2,1H3,(H,17,18). The molecule has 0 spiro atoms. The van der Waals surface area contributed by atoms with Crippen LogP contribution in [0.4, 0.5) is 0 Å². The number of unbranched alkanes of at least 4 members (excludes halogenated alkanes) is 8. The van der Waals surface area contributed by atoms with Crippen LogP contribution in [0.3, 0.4) is 0 Å². The highest BCUT2D eigenvalue weighted by Gasteiger charge is 2.03. The van der Waals surface area contributed by atoms with Crippen LogP contribution in [0.2, 0.25) is 0 Å². The number of rotatable bonds is 14. The molecule has 0 bridgehead atoms. The van der Waals surface area contributed by atoms with Crippen LogP contribution in [0.1, 0.15) is 84.0 Å². The first kappa shape index (κ1) is 18.9. The lowest BCUT2D eigenvalue weighted by Crippen LogP contribution is -2.05. The van der Waals surface area contributed by atoms with E-state index in [2.05, 4.69) is 6.92 Å². The predicted octanol–water partition coefficient (Wildman–Crippen LogP) is 4.32. The molecule has 0 saturated carbocycles. The van der Waals surface area contributed by atoms with Crippen molar-refractivity contribution in [1.82, 2.24) is 0 Å². The smallest absolute Gasteiger partial charge is 0.305 e. The van der Waals surface area contributed by atoms with Crippen LogP contribution in [0, 0.1) is 0 Å². The lowest BCUT2D eigenvalue weighted by Gasteiger charge is -2.05. The second-order valence-electron chi connectivity index (χ2n) is 5.30. The van der Waals surface area contributed by atoms with E-state index in [9.17, 15) is 9.59 Å². The van der Waals surface area contributed by atoms with Crippen LogP contribution in [0.5, 0.6) is 0 Å². The number of esters is 1. The summed E-state index contributed by atoms with van der Waals surface area (Å²) in [5.41, 5.74) is 0. The Balaban J connectivity index is 3.19. The summed E-state index contributed by atoms with van der Waals surface area (Å²) in [6.07, 6.45) is 11.1. The van der Waals surface area contributed by atoms with Gasteiger partial charge in [0.25, 0.3) is 0 Å². The second-order valence-corrected chi connectivity index (χ2v) is 5.30. The molecule has 1 N–H and O–H groups in total. The number of carbonyl (C=O) groups excluding carboxylic acids is 1. The van der Waals surface area contributed by atoms with Gasteiger partial charge in [0.2, 0.25) is 0 Å². The van der Waals surface area contributed by atoms with Gasteiger partial charge in [-0.1, -0.05) is 51.9 Å². The first-order valence-corrected chi connectivity index (χ1v) is 8.04. The van der Waals surface area contributed by atoms with Crippen LogP contribution < -0.4 is 0 Å². The van der Waals surface area contributed by atoms with Gasteiger partial charge in [-0.15, -0.1) is 0 Å². The van der Waals surface area contributed by atoms with Crippen molar-refractivity contribution in [1.29, 1.82) is 0 Å². The fourth-order valence-corrected chi connectivity index (χ4v) is 2.04. The third kappa shape index (κ3) is 15.0. The van der Waals surface area contributed by atoms with E-state index >= 15 is 0 Å². The third-order valence-electron chi connectivity index (χ3n) is 3.28. The predicted molar refractivity (Wildman–Crippen MR) is 79.7 cm³/mol. The van der Waals surface area contributed by atoms with Gasteiger partial charge >= 0.3 is 11.9 Å². The van der Waals surface area contributed by atoms with E-state index in [-0.39, 0.29) is 12.4 Å². The molecule has 0 fully saturated rings. The summed E-state index contributed by atoms with van der Waals surface area (Å²) in [7, 11) is 0. The summed E-state index contributed by atoms with van der Waals surface area (Å²) in [5, 5.41) is 8.47. The molecule has 118 valence electrons. The molecule has 4 nitrogen and oxygen atoms in total. The van der Waals surface area contributed by atoms with Gasteiger partial charge < -0.3 is 9.84 Å². The van der Waals surface area contributed by atoms with Gasteiger partial charge in [-0.05, 0) is 19.3 Å². The van der Waals surface area contributed by atoms with Crippen LogP contribution in [-0.2, 0) is 14.3 Å². The maximum atomic E-state index is 11.4. The number of hydrogen-bond acceptors (Lipinski definition) is 3. The lowest BCUT2D eigenvalue weighted by atomic mass is 10.1. The lowest BCUT2D eigenvalue weighted by molar-refractivity contribution is -0.144. The van der Waals surface area contributed by atoms with E-state index in [1.54, 1.807) is 0 Å². The number of carbonyl (C=O) groups is 2. The molecule has 0 rings (SSSR count). The van der Waals surface area contributed by atoms with E-state index in [1.165, 1.54) is 25.7 Å². The summed E-state index contributed by atoms with van der Waals surface area (Å²) in [5.74, 6) is -0.861. The van der Waals surface area contributed by atoms with E-state index in [0.29, 0.717) is 19.4 Å². The molecule has 0 aromatic carbocycles. The number of aliphatic carboxylic acids is 1. The zero-order valence-electron chi connectivity index (χ0n) is 12.9. The van der Waals surface area contributed by atoms with Crippen molar-refractivity contribution < 1.29 is 19.4 Å². The Hall–Kier alpha value is -1.06. The Morgan fingerprint density at radius 1 is 0.800 bits per heavy atom. The van der Waals surface area contributed by atoms with Crippen LogP contribution >= 0.6 is 0 Å². The van der Waals surface area contributed by atoms with Crippen molar-refractivity contribution in [2.45, 2.75) is 84.0 Å². The van der Waals surface area contributed by atoms with Gasteiger partial charge in [0, 0.05) is 12.8 Å². The molecule has 0 aliphatic heterocycles. The maximum absolute atomic E-state index is 11.4. The molecular formula is C16H30O4. The van der Waals surface area contributed by atoms with Crippen molar-refractivity contribution in [3.63, 3.8) is 0 Å². The van der Waals surface area contributed by atoms with Crippen molar-refractivity contribution in [3.05, 3.63) is 0 Å². The quantitative estimate of drug-likeness (QED) is 0.381. The molecule has 0 saturated heterocycles. The molecule has 0 heterocycles. The molecular weight excluding hydrogens is 256 g/mol. The van der Waals surface area contributed by atoms with Gasteiger partial charge in [-0.3, -0.25) is 9.59 Å². The van der Waals surface area contributed by atoms with E-state index in [4.69, 9.17) is 9.84 Å². The summed E-state index contributed by atoms with van der Waals surface area (Å²) in [6.45, 7) is 2.74. The largest absolute Gasteiger partial charge is 0.481 e. The molecule has 0 aromatic heterocycles. The SMILES string of the molecule is CCCCCCCCOC(=O)CCCCCCC(=O)O. The Morgan fingerprint density at radius 2 is 1.35 bits per heavy atom. The number of hydrogen-bond donors (Lipinski definition) is 1. The van der Waals surface area contributed by atoms with Gasteiger partial charge in [-0.25, -0.2) is 0 Å². The maximum Gasteiger partial charge on any atom is 0.305 e. The van der Waals surface area contributed by atoms with E-state index < -0.39 is 5.97 Å². The van der Waals surface area contributed by atoms with Gasteiger partial charge in [-0.2, -0.15) is 0 Å². The second kappa shape index (κ2) is 14.4. The minimum atomic E-state index is -0.747. The molecule has 0 radical (unpaired) electrons. The Kier molecular flexibility index (Phi) is 13.6. The zero-order chi connectivity index (χ0) is 15.1. The molecule has 0 aliphatic carbocycles. The monoisotopic (exact) mass is 286 g/mol. The Morgan fingerprint density at radius 3 is 2.00 bits per heavy atom. The normalized spacial score (nSPS) is 10.4. The highest BCUT2D eigenvalue weighted by Crippen LogP contribution is 2.08. The highest BCUT2D eigenvalue weighted by atomic mass is 16.5. The third-order valence-corrected chi connectivity index (χ3v) is 3.28.